The summed E-state index contributed by atoms with van der Waals surface area (Å²) in [6, 6.07) is 6.98. The lowest BCUT2D eigenvalue weighted by Gasteiger charge is -2.34. The molecule has 0 saturated heterocycles. The van der Waals surface area contributed by atoms with Gasteiger partial charge in [-0.25, -0.2) is 13.1 Å². The van der Waals surface area contributed by atoms with Crippen LogP contribution < -0.4 is 9.62 Å². The highest BCUT2D eigenvalue weighted by molar-refractivity contribution is 7.89. The summed E-state index contributed by atoms with van der Waals surface area (Å²) in [6.45, 7) is 8.05. The van der Waals surface area contributed by atoms with E-state index in [1.54, 1.807) is 20.8 Å². The summed E-state index contributed by atoms with van der Waals surface area (Å²) in [5.41, 5.74) is 3.03. The molecule has 2 aromatic carbocycles. The zero-order valence-corrected chi connectivity index (χ0v) is 18.4. The molecule has 0 spiro atoms. The molecule has 1 aliphatic rings. The number of fused-ring (bicyclic) bond motifs is 1. The molecule has 0 radical (unpaired) electrons. The van der Waals surface area contributed by atoms with Gasteiger partial charge in [0.15, 0.2) is 0 Å². The highest BCUT2D eigenvalue weighted by Gasteiger charge is 2.32. The Morgan fingerprint density at radius 2 is 1.73 bits per heavy atom. The smallest absolute Gasteiger partial charge is 0.370 e. The fourth-order valence-electron chi connectivity index (χ4n) is 4.30. The van der Waals surface area contributed by atoms with Crippen LogP contribution in [0.5, 0.6) is 0 Å². The van der Waals surface area contributed by atoms with Gasteiger partial charge in [-0.15, -0.1) is 0 Å². The van der Waals surface area contributed by atoms with Gasteiger partial charge in [-0.1, -0.05) is 23.8 Å². The quantitative estimate of drug-likeness (QED) is 0.730. The molecule has 4 nitrogen and oxygen atoms in total. The normalized spacial score (nSPS) is 15.8. The monoisotopic (exact) mass is 440 g/mol. The van der Waals surface area contributed by atoms with Crippen molar-refractivity contribution in [1.82, 2.24) is 4.72 Å². The second-order valence-electron chi connectivity index (χ2n) is 8.14. The molecule has 1 atom stereocenters. The molecule has 0 fully saturated rings. The Morgan fingerprint density at radius 1 is 1.10 bits per heavy atom. The van der Waals surface area contributed by atoms with Crippen LogP contribution in [0.1, 0.15) is 41.2 Å². The van der Waals surface area contributed by atoms with E-state index in [4.69, 9.17) is 0 Å². The first-order valence-electron chi connectivity index (χ1n) is 9.94. The van der Waals surface area contributed by atoms with E-state index in [9.17, 15) is 21.6 Å². The maximum Gasteiger partial charge on any atom is 0.416 e. The van der Waals surface area contributed by atoms with E-state index in [0.717, 1.165) is 23.6 Å². The molecule has 2 aromatic rings. The van der Waals surface area contributed by atoms with Crippen LogP contribution in [-0.4, -0.2) is 27.5 Å². The average Bonchev–Trinajstić information content (AvgIpc) is 2.59. The Bertz CT molecular complexity index is 1030. The summed E-state index contributed by atoms with van der Waals surface area (Å²) in [5, 5.41) is 0. The summed E-state index contributed by atoms with van der Waals surface area (Å²) < 4.78 is 68.1. The van der Waals surface area contributed by atoms with Crippen LogP contribution in [-0.2, 0) is 22.6 Å². The number of rotatable bonds is 5. The van der Waals surface area contributed by atoms with E-state index < -0.39 is 27.8 Å². The largest absolute Gasteiger partial charge is 0.416 e. The standard InChI is InChI=1S/C22H27F3N2O2S/c1-14-10-15(2)21(16(3)11-14)30(28,29)26-17(4)13-27-9-5-6-18-7-8-19(12-20(18)27)22(23,24)25/h7-8,10-12,17,26H,5-6,9,13H2,1-4H3. The molecule has 1 unspecified atom stereocenters. The molecule has 164 valence electrons. The number of sulfonamides is 1. The van der Waals surface area contributed by atoms with Crippen molar-refractivity contribution in [2.75, 3.05) is 18.0 Å². The van der Waals surface area contributed by atoms with E-state index in [0.29, 0.717) is 29.8 Å². The highest BCUT2D eigenvalue weighted by atomic mass is 32.2. The van der Waals surface area contributed by atoms with Crippen LogP contribution in [0, 0.1) is 20.8 Å². The lowest BCUT2D eigenvalue weighted by atomic mass is 9.99. The maximum atomic E-state index is 13.2. The molecule has 1 aliphatic heterocycles. The number of anilines is 1. The number of halogens is 3. The van der Waals surface area contributed by atoms with E-state index >= 15 is 0 Å². The van der Waals surface area contributed by atoms with Crippen molar-refractivity contribution in [2.45, 2.75) is 57.7 Å². The fraction of sp³-hybridized carbons (Fsp3) is 0.455. The Kier molecular flexibility index (Phi) is 6.20. The zero-order chi connectivity index (χ0) is 22.3. The van der Waals surface area contributed by atoms with Gasteiger partial charge in [0, 0.05) is 24.8 Å². The number of hydrogen-bond donors (Lipinski definition) is 1. The van der Waals surface area contributed by atoms with Gasteiger partial charge in [-0.2, -0.15) is 13.2 Å². The van der Waals surface area contributed by atoms with Crippen LogP contribution in [0.4, 0.5) is 18.9 Å². The van der Waals surface area contributed by atoms with Gasteiger partial charge < -0.3 is 4.90 Å². The molecule has 3 rings (SSSR count). The van der Waals surface area contributed by atoms with Crippen LogP contribution in [0.15, 0.2) is 35.2 Å². The van der Waals surface area contributed by atoms with E-state index in [1.807, 2.05) is 24.0 Å². The molecule has 0 saturated carbocycles. The van der Waals surface area contributed by atoms with Crippen LogP contribution in [0.3, 0.4) is 0 Å². The lowest BCUT2D eigenvalue weighted by Crippen LogP contribution is -2.44. The number of nitrogens with zero attached hydrogens (tertiary/aromatic N) is 1. The predicted octanol–water partition coefficient (Wildman–Crippen LogP) is 4.75. The number of nitrogens with one attached hydrogen (secondary N) is 1. The van der Waals surface area contributed by atoms with E-state index in [-0.39, 0.29) is 11.4 Å². The SMILES string of the molecule is Cc1cc(C)c(S(=O)(=O)NC(C)CN2CCCc3ccc(C(F)(F)F)cc32)c(C)c1. The van der Waals surface area contributed by atoms with E-state index in [2.05, 4.69) is 4.72 Å². The minimum absolute atomic E-state index is 0.262. The second kappa shape index (κ2) is 8.23. The zero-order valence-electron chi connectivity index (χ0n) is 17.6. The van der Waals surface area contributed by atoms with Gasteiger partial charge in [0.05, 0.1) is 10.5 Å². The Labute approximate surface area is 176 Å². The van der Waals surface area contributed by atoms with Crippen molar-refractivity contribution in [3.63, 3.8) is 0 Å². The molecule has 1 N–H and O–H groups in total. The first-order chi connectivity index (χ1) is 13.9. The number of benzene rings is 2. The fourth-order valence-corrected chi connectivity index (χ4v) is 5.99. The first kappa shape index (κ1) is 22.6. The number of alkyl halides is 3. The van der Waals surface area contributed by atoms with Crippen molar-refractivity contribution in [1.29, 1.82) is 0 Å². The van der Waals surface area contributed by atoms with Crippen LogP contribution in [0.2, 0.25) is 0 Å². The summed E-state index contributed by atoms with van der Waals surface area (Å²) in [5.74, 6) is 0. The molecule has 0 aromatic heterocycles. The average molecular weight is 441 g/mol. The number of aryl methyl sites for hydroxylation is 4. The molecule has 8 heteroatoms. The van der Waals surface area contributed by atoms with Crippen LogP contribution >= 0.6 is 0 Å². The van der Waals surface area contributed by atoms with Crippen molar-refractivity contribution in [3.8, 4) is 0 Å². The van der Waals surface area contributed by atoms with E-state index in [1.165, 1.54) is 12.1 Å². The minimum Gasteiger partial charge on any atom is -0.370 e. The molecular formula is C22H27F3N2O2S. The van der Waals surface area contributed by atoms with Gasteiger partial charge in [0.2, 0.25) is 10.0 Å². The molecule has 0 aliphatic carbocycles. The van der Waals surface area contributed by atoms with Gasteiger partial charge >= 0.3 is 6.18 Å². The van der Waals surface area contributed by atoms with Crippen molar-refractivity contribution >= 4 is 15.7 Å². The van der Waals surface area contributed by atoms with Crippen molar-refractivity contribution in [2.24, 2.45) is 0 Å². The number of hydrogen-bond acceptors (Lipinski definition) is 3. The summed E-state index contributed by atoms with van der Waals surface area (Å²) in [6.07, 6.45) is -2.88. The van der Waals surface area contributed by atoms with Crippen molar-refractivity contribution in [3.05, 3.63) is 58.1 Å². The third-order valence-electron chi connectivity index (χ3n) is 5.35. The molecule has 30 heavy (non-hydrogen) atoms. The highest BCUT2D eigenvalue weighted by Crippen LogP contribution is 2.35. The van der Waals surface area contributed by atoms with Gasteiger partial charge in [-0.3, -0.25) is 0 Å². The Balaban J connectivity index is 1.82. The van der Waals surface area contributed by atoms with Gasteiger partial charge in [0.25, 0.3) is 0 Å². The summed E-state index contributed by atoms with van der Waals surface area (Å²) >= 11 is 0. The Morgan fingerprint density at radius 3 is 2.33 bits per heavy atom. The van der Waals surface area contributed by atoms with Crippen molar-refractivity contribution < 1.29 is 21.6 Å². The Hall–Kier alpha value is -2.06. The topological polar surface area (TPSA) is 49.4 Å². The second-order valence-corrected chi connectivity index (χ2v) is 9.79. The molecule has 0 amide bonds. The predicted molar refractivity (Wildman–Crippen MR) is 112 cm³/mol. The summed E-state index contributed by atoms with van der Waals surface area (Å²) in [4.78, 5) is 2.11. The van der Waals surface area contributed by atoms with Crippen LogP contribution in [0.25, 0.3) is 0 Å². The molecule has 0 bridgehead atoms. The third kappa shape index (κ3) is 4.81. The first-order valence-corrected chi connectivity index (χ1v) is 11.4. The minimum atomic E-state index is -4.41. The summed E-state index contributed by atoms with van der Waals surface area (Å²) in [7, 11) is -3.75. The van der Waals surface area contributed by atoms with Gasteiger partial charge in [0.1, 0.15) is 0 Å². The third-order valence-corrected chi connectivity index (χ3v) is 7.25. The molecular weight excluding hydrogens is 413 g/mol. The lowest BCUT2D eigenvalue weighted by molar-refractivity contribution is -0.137. The van der Waals surface area contributed by atoms with Gasteiger partial charge in [-0.05, 0) is 69.4 Å². The maximum absolute atomic E-state index is 13.2. The molecule has 1 heterocycles.